The number of para-hydroxylation sites is 2. The molecule has 336 valence electrons. The van der Waals surface area contributed by atoms with E-state index in [2.05, 4.69) is 45.9 Å². The van der Waals surface area contributed by atoms with E-state index in [0.29, 0.717) is 11.4 Å². The fourth-order valence-electron chi connectivity index (χ4n) is 6.44. The van der Waals surface area contributed by atoms with Crippen LogP contribution in [0.1, 0.15) is 44.9 Å². The fraction of sp³-hybridized carbons (Fsp3) is 0.225. The number of hydrogen-bond donors (Lipinski definition) is 9. The molecule has 0 saturated carbocycles. The Morgan fingerprint density at radius 3 is 1.45 bits per heavy atom. The van der Waals surface area contributed by atoms with Crippen molar-refractivity contribution in [2.45, 2.75) is 68.4 Å². The Morgan fingerprint density at radius 2 is 0.953 bits per heavy atom. The number of rotatable bonds is 18. The monoisotopic (exact) mass is 916 g/mol. The third kappa shape index (κ3) is 11.4. The first-order valence-electron chi connectivity index (χ1n) is 19.2. The van der Waals surface area contributed by atoms with Crippen molar-refractivity contribution >= 4 is 73.0 Å². The van der Waals surface area contributed by atoms with Crippen LogP contribution in [0, 0.1) is 0 Å². The summed E-state index contributed by atoms with van der Waals surface area (Å²) >= 11 is 0. The minimum atomic E-state index is -5.10. The number of aliphatic hydroxyl groups excluding tert-OH is 4. The van der Waals surface area contributed by atoms with Gasteiger partial charge in [-0.2, -0.15) is 46.7 Å². The Balaban J connectivity index is 1.70. The van der Waals surface area contributed by atoms with Crippen LogP contribution >= 0.6 is 0 Å². The Morgan fingerprint density at radius 1 is 0.531 bits per heavy atom. The zero-order valence-electron chi connectivity index (χ0n) is 34.4. The van der Waals surface area contributed by atoms with Gasteiger partial charge >= 0.3 is 0 Å². The molecule has 0 amide bonds. The predicted molar refractivity (Wildman–Crippen MR) is 236 cm³/mol. The van der Waals surface area contributed by atoms with Gasteiger partial charge in [-0.3, -0.25) is 18.9 Å². The predicted octanol–water partition coefficient (Wildman–Crippen LogP) is 3.98. The summed E-state index contributed by atoms with van der Waals surface area (Å²) in [6.45, 7) is 5.36. The zero-order valence-corrected chi connectivity index (χ0v) is 36.1. The third-order valence-electron chi connectivity index (χ3n) is 9.08. The first-order chi connectivity index (χ1) is 30.3. The third-order valence-corrected chi connectivity index (χ3v) is 10.9. The number of aromatic nitrogens is 6. The van der Waals surface area contributed by atoms with Crippen molar-refractivity contribution in [3.63, 3.8) is 0 Å². The molecule has 4 aromatic carbocycles. The van der Waals surface area contributed by atoms with E-state index in [1.165, 1.54) is 64.1 Å². The lowest BCUT2D eigenvalue weighted by Gasteiger charge is -2.29. The summed E-state index contributed by atoms with van der Waals surface area (Å²) in [6.07, 6.45) is -5.54. The van der Waals surface area contributed by atoms with Gasteiger partial charge in [-0.1, -0.05) is 72.8 Å². The summed E-state index contributed by atoms with van der Waals surface area (Å²) in [4.78, 5) is 31.9. The van der Waals surface area contributed by atoms with E-state index in [-0.39, 0.29) is 40.9 Å². The summed E-state index contributed by atoms with van der Waals surface area (Å²) in [7, 11) is -10.2. The lowest BCUT2D eigenvalue weighted by atomic mass is 9.96. The van der Waals surface area contributed by atoms with E-state index in [4.69, 9.17) is 4.99 Å². The average Bonchev–Trinajstić information content (AvgIpc) is 3.21. The Bertz CT molecular complexity index is 2810. The molecular weight excluding hydrogens is 873 g/mol. The first kappa shape index (κ1) is 46.7. The van der Waals surface area contributed by atoms with E-state index in [0.717, 1.165) is 21.9 Å². The molecule has 0 fully saturated rings. The van der Waals surface area contributed by atoms with Crippen molar-refractivity contribution < 1.29 is 46.4 Å². The highest BCUT2D eigenvalue weighted by molar-refractivity contribution is 7.86. The van der Waals surface area contributed by atoms with Gasteiger partial charge in [0.15, 0.2) is 0 Å². The average molecular weight is 917 g/mol. The van der Waals surface area contributed by atoms with Crippen molar-refractivity contribution in [3.8, 4) is 0 Å². The molecule has 22 nitrogen and oxygen atoms in total. The van der Waals surface area contributed by atoms with Crippen molar-refractivity contribution in [3.05, 3.63) is 120 Å². The molecule has 5 atom stereocenters. The lowest BCUT2D eigenvalue weighted by molar-refractivity contribution is 0.102. The number of nitrogens with one attached hydrogen (secondary N) is 3. The van der Waals surface area contributed by atoms with Gasteiger partial charge in [0.2, 0.25) is 29.7 Å². The van der Waals surface area contributed by atoms with Gasteiger partial charge in [-0.25, -0.2) is 4.99 Å². The fourth-order valence-corrected chi connectivity index (χ4v) is 7.87. The van der Waals surface area contributed by atoms with E-state index < -0.39 is 72.6 Å². The number of hydrogen-bond acceptors (Lipinski definition) is 20. The summed E-state index contributed by atoms with van der Waals surface area (Å²) < 4.78 is 73.6. The van der Waals surface area contributed by atoms with Gasteiger partial charge in [0.05, 0.1) is 16.6 Å². The van der Waals surface area contributed by atoms with Crippen molar-refractivity contribution in [1.82, 2.24) is 29.9 Å². The van der Waals surface area contributed by atoms with Gasteiger partial charge in [0.25, 0.3) is 26.2 Å². The highest BCUT2D eigenvalue weighted by Gasteiger charge is 2.33. The molecule has 0 spiro atoms. The van der Waals surface area contributed by atoms with Crippen LogP contribution in [0.2, 0.25) is 0 Å². The molecule has 0 aliphatic rings. The summed E-state index contributed by atoms with van der Waals surface area (Å²) in [6, 6.07) is 25.6. The molecule has 64 heavy (non-hydrogen) atoms. The number of nitrogens with zero attached hydrogens (tertiary/aromatic N) is 9. The Hall–Kier alpha value is -6.77. The summed E-state index contributed by atoms with van der Waals surface area (Å²) in [5.74, 6) is -1.85. The molecule has 2 aromatic heterocycles. The van der Waals surface area contributed by atoms with E-state index in [1.807, 2.05) is 0 Å². The second-order valence-electron chi connectivity index (χ2n) is 13.9. The molecule has 0 aliphatic carbocycles. The maximum absolute atomic E-state index is 13.1. The second-order valence-corrected chi connectivity index (χ2v) is 16.7. The number of benzene rings is 4. The molecule has 2 heterocycles. The van der Waals surface area contributed by atoms with E-state index in [9.17, 15) is 46.4 Å². The van der Waals surface area contributed by atoms with Crippen LogP contribution in [-0.2, 0) is 20.2 Å². The highest BCUT2D eigenvalue weighted by atomic mass is 32.2. The van der Waals surface area contributed by atoms with Crippen LogP contribution in [0.5, 0.6) is 0 Å². The largest absolute Gasteiger partial charge is 0.374 e. The van der Waals surface area contributed by atoms with Crippen molar-refractivity contribution in [2.24, 2.45) is 4.99 Å². The molecule has 0 aliphatic heterocycles. The molecule has 0 radical (unpaired) electrons. The molecule has 24 heteroatoms. The number of aliphatic imine (C=N–C) groups is 1. The normalized spacial score (nSPS) is 14.4. The van der Waals surface area contributed by atoms with Gasteiger partial charge in [0.1, 0.15) is 29.8 Å². The molecule has 9 N–H and O–H groups in total. The van der Waals surface area contributed by atoms with Crippen LogP contribution in [-0.4, -0.2) is 107 Å². The van der Waals surface area contributed by atoms with Crippen LogP contribution in [0.15, 0.2) is 124 Å². The van der Waals surface area contributed by atoms with Gasteiger partial charge in [0, 0.05) is 22.5 Å². The van der Waals surface area contributed by atoms with Crippen LogP contribution in [0.4, 0.5) is 47.1 Å². The standard InChI is InChI=1S/C40H44N12O10S2/c1-23(53)51(24(2)54)39-47-35(41-27-15-7-5-8-16-27)45-37(49-39)43-33(29-19-11-13-21-31(29)63(57,58)59)34(30-20-12-14-22-32(30)64(60,61)62)44-38-46-36(42-28-17-9-6-10-18-28)48-40(50-38)52(25(3)55)26(4)56/h5-26,33,53-56H,1-4H3,(H,57,58,59)(H,60,61,62)(H,42,46,48,50)(H2,41,43,45,47,49). The highest BCUT2D eigenvalue weighted by Crippen LogP contribution is 2.34. The minimum Gasteiger partial charge on any atom is -0.374 e. The SMILES string of the molecule is CC(O)N(c1nc(N=C(c2ccccc2S(=O)(=O)O)C(Nc2nc(Nc3ccccc3)nc(N(C(C)O)C(C)O)n2)c2ccccc2S(=O)(=O)O)nc(Nc2ccccc2)n1)C(C)O. The maximum atomic E-state index is 13.1. The van der Waals surface area contributed by atoms with Crippen molar-refractivity contribution in [2.75, 3.05) is 25.8 Å². The number of aliphatic hydroxyl groups is 4. The smallest absolute Gasteiger partial charge is 0.295 e. The summed E-state index contributed by atoms with van der Waals surface area (Å²) in [5, 5.41) is 51.8. The zero-order chi connectivity index (χ0) is 46.3. The Labute approximate surface area is 367 Å². The van der Waals surface area contributed by atoms with Crippen molar-refractivity contribution in [1.29, 1.82) is 0 Å². The summed E-state index contributed by atoms with van der Waals surface area (Å²) in [5.41, 5.74) is -0.0692. The quantitative estimate of drug-likeness (QED) is 0.0334. The van der Waals surface area contributed by atoms with Crippen LogP contribution in [0.3, 0.4) is 0 Å². The van der Waals surface area contributed by atoms with Gasteiger partial charge in [-0.05, 0) is 64.1 Å². The maximum Gasteiger partial charge on any atom is 0.295 e. The topological polar surface area (TPSA) is 322 Å². The molecule has 6 rings (SSSR count). The van der Waals surface area contributed by atoms with Crippen LogP contribution in [0.25, 0.3) is 0 Å². The van der Waals surface area contributed by atoms with Crippen LogP contribution < -0.4 is 25.8 Å². The molecule has 0 saturated heterocycles. The number of anilines is 7. The molecule has 6 aromatic rings. The lowest BCUT2D eigenvalue weighted by Crippen LogP contribution is -2.41. The minimum absolute atomic E-state index is 0.154. The first-order valence-corrected chi connectivity index (χ1v) is 22.1. The Kier molecular flexibility index (Phi) is 14.4. The van der Waals surface area contributed by atoms with Gasteiger partial charge in [-0.15, -0.1) is 0 Å². The molecular formula is C40H44N12O10S2. The molecule has 5 unspecified atom stereocenters. The van der Waals surface area contributed by atoms with E-state index in [1.54, 1.807) is 60.7 Å². The van der Waals surface area contributed by atoms with Gasteiger partial charge < -0.3 is 36.4 Å². The second kappa shape index (κ2) is 19.7. The van der Waals surface area contributed by atoms with E-state index >= 15 is 0 Å². The molecule has 0 bridgehead atoms.